The third-order valence-electron chi connectivity index (χ3n) is 2.71. The van der Waals surface area contributed by atoms with Gasteiger partial charge in [-0.1, -0.05) is 17.3 Å². The number of nitrogens with one attached hydrogen (secondary N) is 1. The van der Waals surface area contributed by atoms with Crippen LogP contribution in [0.1, 0.15) is 22.7 Å². The van der Waals surface area contributed by atoms with E-state index in [1.165, 1.54) is 30.5 Å². The van der Waals surface area contributed by atoms with Crippen LogP contribution in [0.4, 0.5) is 13.2 Å². The van der Waals surface area contributed by atoms with Crippen LogP contribution in [-0.2, 0) is 6.18 Å². The maximum Gasteiger partial charge on any atom is 0.471 e. The molecule has 0 bridgehead atoms. The topological polar surface area (TPSA) is 101 Å². The van der Waals surface area contributed by atoms with E-state index in [1.54, 1.807) is 0 Å². The van der Waals surface area contributed by atoms with Crippen molar-refractivity contribution >= 4 is 12.1 Å². The highest BCUT2D eigenvalue weighted by Crippen LogP contribution is 2.29. The number of hydrogen-bond acceptors (Lipinski definition) is 6. The first-order valence-corrected chi connectivity index (χ1v) is 6.37. The van der Waals surface area contributed by atoms with Gasteiger partial charge in [-0.25, -0.2) is 0 Å². The van der Waals surface area contributed by atoms with Crippen LogP contribution in [0.15, 0.2) is 33.9 Å². The van der Waals surface area contributed by atoms with Gasteiger partial charge in [0.1, 0.15) is 0 Å². The van der Waals surface area contributed by atoms with Crippen LogP contribution in [0.5, 0.6) is 0 Å². The summed E-state index contributed by atoms with van der Waals surface area (Å²) in [4.78, 5) is 15.0. The summed E-state index contributed by atoms with van der Waals surface area (Å²) in [7, 11) is 0. The van der Waals surface area contributed by atoms with Crippen LogP contribution in [-0.4, -0.2) is 34.0 Å². The fraction of sp³-hybridized carbons (Fsp3) is 0.231. The first kappa shape index (κ1) is 16.5. The van der Waals surface area contributed by atoms with Crippen molar-refractivity contribution in [2.24, 2.45) is 5.16 Å². The molecule has 2 aromatic rings. The molecule has 122 valence electrons. The molecule has 23 heavy (non-hydrogen) atoms. The largest absolute Gasteiger partial charge is 0.471 e. The molecule has 0 radical (unpaired) electrons. The van der Waals surface area contributed by atoms with Gasteiger partial charge in [0.25, 0.3) is 5.91 Å². The Hall–Kier alpha value is -2.91. The summed E-state index contributed by atoms with van der Waals surface area (Å²) in [6.45, 7) is 0.282. The maximum atomic E-state index is 12.4. The van der Waals surface area contributed by atoms with E-state index in [2.05, 4.69) is 25.1 Å². The van der Waals surface area contributed by atoms with Crippen LogP contribution in [0, 0.1) is 0 Å². The summed E-state index contributed by atoms with van der Waals surface area (Å²) < 4.78 is 41.3. The highest BCUT2D eigenvalue weighted by molar-refractivity contribution is 5.94. The Morgan fingerprint density at radius 3 is 2.61 bits per heavy atom. The van der Waals surface area contributed by atoms with E-state index in [0.29, 0.717) is 12.0 Å². The highest BCUT2D eigenvalue weighted by Gasteiger charge is 2.38. The lowest BCUT2D eigenvalue weighted by atomic mass is 10.1. The van der Waals surface area contributed by atoms with Crippen molar-refractivity contribution in [3.63, 3.8) is 0 Å². The number of halogens is 3. The fourth-order valence-electron chi connectivity index (χ4n) is 1.64. The van der Waals surface area contributed by atoms with Crippen molar-refractivity contribution in [1.29, 1.82) is 0 Å². The Kier molecular flexibility index (Phi) is 4.94. The quantitative estimate of drug-likeness (QED) is 0.380. The third-order valence-corrected chi connectivity index (χ3v) is 2.71. The van der Waals surface area contributed by atoms with Gasteiger partial charge in [-0.2, -0.15) is 18.2 Å². The molecule has 0 unspecified atom stereocenters. The minimum Gasteiger partial charge on any atom is -0.411 e. The van der Waals surface area contributed by atoms with Gasteiger partial charge < -0.3 is 15.0 Å². The van der Waals surface area contributed by atoms with E-state index in [1.807, 2.05) is 0 Å². The molecule has 0 aliphatic heterocycles. The molecule has 2 N–H and O–H groups in total. The minimum atomic E-state index is -4.71. The molecule has 1 aromatic carbocycles. The Balaban J connectivity index is 2.04. The molecule has 7 nitrogen and oxygen atoms in total. The lowest BCUT2D eigenvalue weighted by Crippen LogP contribution is -2.24. The number of aromatic nitrogens is 2. The Morgan fingerprint density at radius 1 is 1.35 bits per heavy atom. The van der Waals surface area contributed by atoms with Gasteiger partial charge in [-0.15, -0.1) is 5.16 Å². The van der Waals surface area contributed by atoms with Crippen molar-refractivity contribution < 1.29 is 27.7 Å². The number of hydrogen-bond donors (Lipinski definition) is 2. The number of benzene rings is 1. The lowest BCUT2D eigenvalue weighted by Gasteiger charge is -2.03. The number of carbonyl (C=O) groups is 1. The molecule has 0 spiro atoms. The van der Waals surface area contributed by atoms with Crippen molar-refractivity contribution in [2.75, 3.05) is 6.54 Å². The van der Waals surface area contributed by atoms with Crippen molar-refractivity contribution in [3.8, 4) is 11.4 Å². The molecule has 0 fully saturated rings. The number of alkyl halides is 3. The van der Waals surface area contributed by atoms with Gasteiger partial charge in [0.2, 0.25) is 5.82 Å². The van der Waals surface area contributed by atoms with Crippen LogP contribution in [0.25, 0.3) is 11.4 Å². The molecular formula is C13H11F3N4O3. The second kappa shape index (κ2) is 6.90. The molecule has 0 aliphatic rings. The van der Waals surface area contributed by atoms with E-state index in [9.17, 15) is 18.0 Å². The molecule has 2 rings (SSSR count). The Morgan fingerprint density at radius 2 is 2.04 bits per heavy atom. The molecule has 1 heterocycles. The zero-order valence-electron chi connectivity index (χ0n) is 11.5. The van der Waals surface area contributed by atoms with Crippen LogP contribution < -0.4 is 5.32 Å². The summed E-state index contributed by atoms with van der Waals surface area (Å²) >= 11 is 0. The predicted molar refractivity (Wildman–Crippen MR) is 72.0 cm³/mol. The molecular weight excluding hydrogens is 317 g/mol. The molecule has 0 saturated carbocycles. The first-order chi connectivity index (χ1) is 10.9. The van der Waals surface area contributed by atoms with Gasteiger partial charge in [0.15, 0.2) is 0 Å². The molecule has 0 saturated heterocycles. The summed E-state index contributed by atoms with van der Waals surface area (Å²) in [5, 5.41) is 16.8. The second-order valence-electron chi connectivity index (χ2n) is 4.34. The number of oxime groups is 1. The maximum absolute atomic E-state index is 12.4. The van der Waals surface area contributed by atoms with Crippen molar-refractivity contribution in [1.82, 2.24) is 15.5 Å². The summed E-state index contributed by atoms with van der Waals surface area (Å²) in [6.07, 6.45) is -3.11. The molecule has 10 heteroatoms. The summed E-state index contributed by atoms with van der Waals surface area (Å²) in [5.74, 6) is -2.02. The Bertz CT molecular complexity index is 695. The number of amides is 1. The zero-order valence-corrected chi connectivity index (χ0v) is 11.5. The molecule has 0 atom stereocenters. The number of nitrogens with zero attached hydrogens (tertiary/aromatic N) is 3. The number of carbonyl (C=O) groups excluding carboxylic acids is 1. The fourth-order valence-corrected chi connectivity index (χ4v) is 1.64. The smallest absolute Gasteiger partial charge is 0.411 e. The highest BCUT2D eigenvalue weighted by atomic mass is 19.4. The minimum absolute atomic E-state index is 0.219. The van der Waals surface area contributed by atoms with E-state index in [-0.39, 0.29) is 23.8 Å². The average molecular weight is 328 g/mol. The lowest BCUT2D eigenvalue weighted by molar-refractivity contribution is -0.159. The van der Waals surface area contributed by atoms with Gasteiger partial charge in [-0.05, 0) is 12.1 Å². The number of rotatable bonds is 5. The molecule has 0 aliphatic carbocycles. The molecule has 1 amide bonds. The van der Waals surface area contributed by atoms with Crippen LogP contribution in [0.3, 0.4) is 0 Å². The standard InChI is InChI=1S/C13H11F3N4O3/c14-13(15,16)12-19-10(20-23-12)8-2-4-9(5-3-8)11(21)17-6-1-7-18-22/h2-5,7,22H,1,6H2,(H,17,21). The molecule has 1 aromatic heterocycles. The predicted octanol–water partition coefficient (Wildman–Crippen LogP) is 2.34. The zero-order chi connectivity index (χ0) is 16.9. The normalized spacial score (nSPS) is 11.8. The van der Waals surface area contributed by atoms with E-state index >= 15 is 0 Å². The van der Waals surface area contributed by atoms with Gasteiger partial charge >= 0.3 is 12.1 Å². The van der Waals surface area contributed by atoms with Crippen molar-refractivity contribution in [3.05, 3.63) is 35.7 Å². The first-order valence-electron chi connectivity index (χ1n) is 6.37. The van der Waals surface area contributed by atoms with Crippen LogP contribution >= 0.6 is 0 Å². The second-order valence-corrected chi connectivity index (χ2v) is 4.34. The van der Waals surface area contributed by atoms with Gasteiger partial charge in [0.05, 0.1) is 0 Å². The van der Waals surface area contributed by atoms with Crippen molar-refractivity contribution in [2.45, 2.75) is 12.6 Å². The van der Waals surface area contributed by atoms with E-state index in [4.69, 9.17) is 5.21 Å². The SMILES string of the molecule is O=C(NCCC=NO)c1ccc(-c2noc(C(F)(F)F)n2)cc1. The van der Waals surface area contributed by atoms with E-state index < -0.39 is 12.1 Å². The summed E-state index contributed by atoms with van der Waals surface area (Å²) in [5.41, 5.74) is 0.599. The third kappa shape index (κ3) is 4.28. The average Bonchev–Trinajstić information content (AvgIpc) is 3.02. The summed E-state index contributed by atoms with van der Waals surface area (Å²) in [6, 6.07) is 5.67. The van der Waals surface area contributed by atoms with Crippen LogP contribution in [0.2, 0.25) is 0 Å². The van der Waals surface area contributed by atoms with Gasteiger partial charge in [-0.3, -0.25) is 4.79 Å². The Labute approximate surface area is 127 Å². The van der Waals surface area contributed by atoms with Gasteiger partial charge in [0, 0.05) is 30.3 Å². The monoisotopic (exact) mass is 328 g/mol. The van der Waals surface area contributed by atoms with E-state index in [0.717, 1.165) is 0 Å².